The van der Waals surface area contributed by atoms with Gasteiger partial charge in [0, 0.05) is 11.6 Å². The van der Waals surface area contributed by atoms with Gasteiger partial charge in [-0.15, -0.1) is 0 Å². The Bertz CT molecular complexity index is 897. The van der Waals surface area contributed by atoms with Crippen LogP contribution in [0.15, 0.2) is 41.2 Å². The molecule has 0 saturated carbocycles. The number of aromatic nitrogens is 1. The summed E-state index contributed by atoms with van der Waals surface area (Å²) in [6, 6.07) is 8.20. The standard InChI is InChI=1S/C15H11NO5/c17-8-3-1-7(2-4-8)13-15(21)14(20)9-5-11(18)12(19)6-10(9)16-13/h1-6,17-19,21H,(H,16,20). The quantitative estimate of drug-likeness (QED) is 0.439. The fourth-order valence-corrected chi connectivity index (χ4v) is 2.14. The van der Waals surface area contributed by atoms with Gasteiger partial charge in [-0.05, 0) is 30.3 Å². The van der Waals surface area contributed by atoms with Crippen molar-refractivity contribution in [1.29, 1.82) is 0 Å². The second-order valence-corrected chi connectivity index (χ2v) is 4.61. The van der Waals surface area contributed by atoms with E-state index in [1.165, 1.54) is 30.3 Å². The summed E-state index contributed by atoms with van der Waals surface area (Å²) in [5.41, 5.74) is 0.271. The van der Waals surface area contributed by atoms with E-state index in [-0.39, 0.29) is 28.1 Å². The first-order chi connectivity index (χ1) is 9.97. The van der Waals surface area contributed by atoms with Gasteiger partial charge in [-0.1, -0.05) is 0 Å². The highest BCUT2D eigenvalue weighted by atomic mass is 16.3. The van der Waals surface area contributed by atoms with E-state index in [1.54, 1.807) is 0 Å². The summed E-state index contributed by atoms with van der Waals surface area (Å²) in [6.07, 6.45) is 0. The number of phenolic OH excluding ortho intramolecular Hbond substituents is 3. The first-order valence-corrected chi connectivity index (χ1v) is 6.07. The van der Waals surface area contributed by atoms with Crippen molar-refractivity contribution in [3.05, 3.63) is 46.6 Å². The van der Waals surface area contributed by atoms with Gasteiger partial charge in [-0.3, -0.25) is 4.79 Å². The van der Waals surface area contributed by atoms with Crippen molar-refractivity contribution in [1.82, 2.24) is 4.98 Å². The number of hydrogen-bond donors (Lipinski definition) is 5. The van der Waals surface area contributed by atoms with Gasteiger partial charge in [0.2, 0.25) is 5.43 Å². The first kappa shape index (κ1) is 12.9. The minimum Gasteiger partial charge on any atom is -0.508 e. The molecule has 21 heavy (non-hydrogen) atoms. The molecule has 5 N–H and O–H groups in total. The zero-order valence-electron chi connectivity index (χ0n) is 10.7. The highest BCUT2D eigenvalue weighted by molar-refractivity contribution is 5.87. The van der Waals surface area contributed by atoms with E-state index in [0.717, 1.165) is 6.07 Å². The van der Waals surface area contributed by atoms with Crippen molar-refractivity contribution < 1.29 is 20.4 Å². The van der Waals surface area contributed by atoms with E-state index in [9.17, 15) is 25.2 Å². The second-order valence-electron chi connectivity index (χ2n) is 4.61. The van der Waals surface area contributed by atoms with Crippen LogP contribution in [-0.2, 0) is 0 Å². The van der Waals surface area contributed by atoms with Crippen LogP contribution in [0.25, 0.3) is 22.2 Å². The number of H-pyrrole nitrogens is 1. The number of hydrogen-bond acceptors (Lipinski definition) is 5. The maximum atomic E-state index is 12.1. The molecule has 1 aromatic heterocycles. The summed E-state index contributed by atoms with van der Waals surface area (Å²) in [4.78, 5) is 15.0. The molecule has 0 aliphatic carbocycles. The molecule has 1 heterocycles. The van der Waals surface area contributed by atoms with Gasteiger partial charge in [0.1, 0.15) is 5.75 Å². The highest BCUT2D eigenvalue weighted by Gasteiger charge is 2.14. The lowest BCUT2D eigenvalue weighted by Crippen LogP contribution is -2.04. The molecule has 6 heteroatoms. The Labute approximate surface area is 118 Å². The fraction of sp³-hybridized carbons (Fsp3) is 0. The maximum Gasteiger partial charge on any atom is 0.231 e. The molecule has 106 valence electrons. The average molecular weight is 285 g/mol. The monoisotopic (exact) mass is 285 g/mol. The molecule has 3 rings (SSSR count). The molecule has 0 radical (unpaired) electrons. The van der Waals surface area contributed by atoms with Crippen LogP contribution < -0.4 is 5.43 Å². The van der Waals surface area contributed by atoms with Crippen LogP contribution in [0.5, 0.6) is 23.0 Å². The smallest absolute Gasteiger partial charge is 0.231 e. The van der Waals surface area contributed by atoms with Crippen LogP contribution in [-0.4, -0.2) is 25.4 Å². The van der Waals surface area contributed by atoms with Crippen LogP contribution in [0.3, 0.4) is 0 Å². The third-order valence-electron chi connectivity index (χ3n) is 3.23. The summed E-state index contributed by atoms with van der Waals surface area (Å²) in [6.45, 7) is 0. The Hall–Kier alpha value is -3.15. The number of phenols is 3. The maximum absolute atomic E-state index is 12.1. The van der Waals surface area contributed by atoms with Crippen LogP contribution >= 0.6 is 0 Å². The molecule has 0 unspecified atom stereocenters. The lowest BCUT2D eigenvalue weighted by Gasteiger charge is -2.08. The van der Waals surface area contributed by atoms with Crippen LogP contribution in [0.1, 0.15) is 0 Å². The van der Waals surface area contributed by atoms with E-state index in [4.69, 9.17) is 0 Å². The molecule has 6 nitrogen and oxygen atoms in total. The lowest BCUT2D eigenvalue weighted by atomic mass is 10.1. The number of aromatic hydroxyl groups is 4. The Morgan fingerprint density at radius 1 is 0.857 bits per heavy atom. The molecule has 0 fully saturated rings. The molecule has 3 aromatic rings. The molecular weight excluding hydrogens is 274 g/mol. The van der Waals surface area contributed by atoms with E-state index >= 15 is 0 Å². The molecule has 0 atom stereocenters. The van der Waals surface area contributed by atoms with Gasteiger partial charge in [0.05, 0.1) is 16.6 Å². The van der Waals surface area contributed by atoms with Crippen LogP contribution in [0, 0.1) is 0 Å². The summed E-state index contributed by atoms with van der Waals surface area (Å²) in [7, 11) is 0. The lowest BCUT2D eigenvalue weighted by molar-refractivity contribution is 0.404. The van der Waals surface area contributed by atoms with Crippen molar-refractivity contribution in [2.45, 2.75) is 0 Å². The average Bonchev–Trinajstić information content (AvgIpc) is 2.46. The minimum absolute atomic E-state index is 0.0592. The summed E-state index contributed by atoms with van der Waals surface area (Å²) < 4.78 is 0. The van der Waals surface area contributed by atoms with Crippen molar-refractivity contribution in [2.75, 3.05) is 0 Å². The van der Waals surface area contributed by atoms with Gasteiger partial charge in [-0.25, -0.2) is 0 Å². The van der Waals surface area contributed by atoms with Gasteiger partial charge in [-0.2, -0.15) is 0 Å². The van der Waals surface area contributed by atoms with Gasteiger partial charge < -0.3 is 25.4 Å². The molecule has 0 bridgehead atoms. The number of pyridine rings is 1. The van der Waals surface area contributed by atoms with E-state index < -0.39 is 16.9 Å². The number of rotatable bonds is 1. The molecular formula is C15H11NO5. The number of nitrogens with one attached hydrogen (secondary N) is 1. The predicted molar refractivity (Wildman–Crippen MR) is 76.7 cm³/mol. The normalized spacial score (nSPS) is 10.9. The topological polar surface area (TPSA) is 114 Å². The number of benzene rings is 2. The van der Waals surface area contributed by atoms with E-state index in [2.05, 4.69) is 4.98 Å². The summed E-state index contributed by atoms with van der Waals surface area (Å²) >= 11 is 0. The number of fused-ring (bicyclic) bond motifs is 1. The number of aromatic amines is 1. The molecule has 2 aromatic carbocycles. The molecule has 0 aliphatic heterocycles. The largest absolute Gasteiger partial charge is 0.508 e. The third-order valence-corrected chi connectivity index (χ3v) is 3.23. The highest BCUT2D eigenvalue weighted by Crippen LogP contribution is 2.32. The minimum atomic E-state index is -0.665. The third kappa shape index (κ3) is 2.02. The van der Waals surface area contributed by atoms with Crippen molar-refractivity contribution in [3.8, 4) is 34.3 Å². The van der Waals surface area contributed by atoms with Gasteiger partial charge in [0.15, 0.2) is 17.2 Å². The van der Waals surface area contributed by atoms with Crippen molar-refractivity contribution in [2.24, 2.45) is 0 Å². The van der Waals surface area contributed by atoms with Gasteiger partial charge >= 0.3 is 0 Å². The zero-order valence-corrected chi connectivity index (χ0v) is 10.7. The zero-order chi connectivity index (χ0) is 15.1. The van der Waals surface area contributed by atoms with Gasteiger partial charge in [0.25, 0.3) is 0 Å². The second kappa shape index (κ2) is 4.45. The van der Waals surface area contributed by atoms with Crippen LogP contribution in [0.4, 0.5) is 0 Å². The van der Waals surface area contributed by atoms with Crippen molar-refractivity contribution >= 4 is 10.9 Å². The SMILES string of the molecule is O=c1c(O)c(-c2ccc(O)cc2)[nH]c2cc(O)c(O)cc12. The Kier molecular flexibility index (Phi) is 2.72. The summed E-state index contributed by atoms with van der Waals surface area (Å²) in [5.74, 6) is -1.26. The Morgan fingerprint density at radius 2 is 1.48 bits per heavy atom. The van der Waals surface area contributed by atoms with E-state index in [1.807, 2.05) is 0 Å². The first-order valence-electron chi connectivity index (χ1n) is 6.07. The predicted octanol–water partition coefficient (Wildman–Crippen LogP) is 2.02. The fourth-order valence-electron chi connectivity index (χ4n) is 2.14. The molecule has 0 saturated heterocycles. The molecule has 0 amide bonds. The Morgan fingerprint density at radius 3 is 2.14 bits per heavy atom. The molecule has 0 spiro atoms. The Balaban J connectivity index is 2.34. The molecule has 0 aliphatic rings. The van der Waals surface area contributed by atoms with Crippen molar-refractivity contribution in [3.63, 3.8) is 0 Å². The van der Waals surface area contributed by atoms with E-state index in [0.29, 0.717) is 5.56 Å². The van der Waals surface area contributed by atoms with Crippen LogP contribution in [0.2, 0.25) is 0 Å². The summed E-state index contributed by atoms with van der Waals surface area (Å²) in [5, 5.41) is 38.3.